The van der Waals surface area contributed by atoms with Gasteiger partial charge in [-0.3, -0.25) is 0 Å². The van der Waals surface area contributed by atoms with E-state index in [0.29, 0.717) is 36.9 Å². The van der Waals surface area contributed by atoms with Gasteiger partial charge in [-0.2, -0.15) is 13.2 Å². The van der Waals surface area contributed by atoms with Gasteiger partial charge in [-0.1, -0.05) is 0 Å². The smallest absolute Gasteiger partial charge is 0.416 e. The molecule has 1 aliphatic carbocycles. The average Bonchev–Trinajstić information content (AvgIpc) is 2.61. The van der Waals surface area contributed by atoms with Crippen molar-refractivity contribution in [2.24, 2.45) is 0 Å². The Kier molecular flexibility index (Phi) is 7.63. The fraction of sp³-hybridized carbons (Fsp3) is 0.667. The molecule has 0 radical (unpaired) electrons. The van der Waals surface area contributed by atoms with Crippen LogP contribution >= 0.6 is 0 Å². The zero-order valence-electron chi connectivity index (χ0n) is 18.0. The number of aliphatic hydroxyl groups excluding tert-OH is 1. The molecule has 1 unspecified atom stereocenters. The van der Waals surface area contributed by atoms with Gasteiger partial charge in [0.1, 0.15) is 5.60 Å². The van der Waals surface area contributed by atoms with E-state index in [1.807, 2.05) is 0 Å². The van der Waals surface area contributed by atoms with Crippen molar-refractivity contribution in [1.82, 2.24) is 5.32 Å². The van der Waals surface area contributed by atoms with Crippen LogP contribution in [0.5, 0.6) is 0 Å². The molecular weight excluding hydrogens is 401 g/mol. The third kappa shape index (κ3) is 6.77. The number of hydrogen-bond donors (Lipinski definition) is 3. The topological polar surface area (TPSA) is 79.8 Å². The third-order valence-corrected chi connectivity index (χ3v) is 5.07. The Bertz CT molecular complexity index is 739. The summed E-state index contributed by atoms with van der Waals surface area (Å²) in [4.78, 5) is 11.9. The Morgan fingerprint density at radius 1 is 1.13 bits per heavy atom. The number of aliphatic hydroxyl groups is 1. The van der Waals surface area contributed by atoms with Crippen LogP contribution in [0.15, 0.2) is 12.1 Å². The van der Waals surface area contributed by atoms with Crippen LogP contribution in [0.4, 0.5) is 23.7 Å². The van der Waals surface area contributed by atoms with Crippen LogP contribution in [0.3, 0.4) is 0 Å². The minimum absolute atomic E-state index is 0.0358. The summed E-state index contributed by atoms with van der Waals surface area (Å²) in [6.07, 6.45) is -3.73. The van der Waals surface area contributed by atoms with Gasteiger partial charge in [0, 0.05) is 30.4 Å². The van der Waals surface area contributed by atoms with Crippen molar-refractivity contribution in [3.8, 4) is 0 Å². The van der Waals surface area contributed by atoms with Gasteiger partial charge in [0.25, 0.3) is 0 Å². The SMILES string of the molecule is COC(O)c1cc(C(F)(F)F)cc(NC2CCC(NC(=O)OC(C)(C)C)CC2)c1C. The maximum Gasteiger partial charge on any atom is 0.416 e. The first-order valence-electron chi connectivity index (χ1n) is 9.99. The Labute approximate surface area is 175 Å². The van der Waals surface area contributed by atoms with Crippen molar-refractivity contribution in [2.75, 3.05) is 12.4 Å². The van der Waals surface area contributed by atoms with E-state index in [-0.39, 0.29) is 17.6 Å². The molecule has 2 rings (SSSR count). The number of halogens is 3. The number of benzene rings is 1. The fourth-order valence-corrected chi connectivity index (χ4v) is 3.51. The molecule has 1 aromatic rings. The molecule has 0 heterocycles. The first kappa shape index (κ1) is 24.3. The second-order valence-corrected chi connectivity index (χ2v) is 8.66. The first-order chi connectivity index (χ1) is 13.8. The Morgan fingerprint density at radius 2 is 1.70 bits per heavy atom. The van der Waals surface area contributed by atoms with Crippen LogP contribution in [0, 0.1) is 6.92 Å². The minimum Gasteiger partial charge on any atom is -0.444 e. The summed E-state index contributed by atoms with van der Waals surface area (Å²) in [6.45, 7) is 7.02. The maximum atomic E-state index is 13.3. The molecule has 6 nitrogen and oxygen atoms in total. The first-order valence-corrected chi connectivity index (χ1v) is 9.99. The molecule has 9 heteroatoms. The summed E-state index contributed by atoms with van der Waals surface area (Å²) in [5, 5.41) is 16.0. The van der Waals surface area contributed by atoms with Crippen LogP contribution < -0.4 is 10.6 Å². The van der Waals surface area contributed by atoms with Gasteiger partial charge < -0.3 is 25.2 Å². The van der Waals surface area contributed by atoms with Crippen LogP contribution in [-0.4, -0.2) is 36.0 Å². The van der Waals surface area contributed by atoms with E-state index in [2.05, 4.69) is 10.6 Å². The predicted octanol–water partition coefficient (Wildman–Crippen LogP) is 4.90. The summed E-state index contributed by atoms with van der Waals surface area (Å²) in [5.74, 6) is 0. The van der Waals surface area contributed by atoms with Gasteiger partial charge in [0.2, 0.25) is 0 Å². The number of carbonyl (C=O) groups excluding carboxylic acids is 1. The van der Waals surface area contributed by atoms with Crippen molar-refractivity contribution < 1.29 is 32.5 Å². The van der Waals surface area contributed by atoms with Crippen molar-refractivity contribution >= 4 is 11.8 Å². The van der Waals surface area contributed by atoms with Crippen LogP contribution in [-0.2, 0) is 15.7 Å². The monoisotopic (exact) mass is 432 g/mol. The third-order valence-electron chi connectivity index (χ3n) is 5.07. The van der Waals surface area contributed by atoms with E-state index < -0.39 is 29.7 Å². The number of anilines is 1. The molecule has 1 aromatic carbocycles. The summed E-state index contributed by atoms with van der Waals surface area (Å²) in [5.41, 5.74) is -0.517. The molecule has 1 atom stereocenters. The van der Waals surface area contributed by atoms with Crippen LogP contribution in [0.25, 0.3) is 0 Å². The van der Waals surface area contributed by atoms with Gasteiger partial charge in [-0.05, 0) is 71.1 Å². The predicted molar refractivity (Wildman–Crippen MR) is 107 cm³/mol. The number of hydrogen-bond acceptors (Lipinski definition) is 5. The second kappa shape index (κ2) is 9.43. The lowest BCUT2D eigenvalue weighted by molar-refractivity contribution is -0.138. The fourth-order valence-electron chi connectivity index (χ4n) is 3.51. The molecular formula is C21H31F3N2O4. The van der Waals surface area contributed by atoms with E-state index in [1.165, 1.54) is 7.11 Å². The van der Waals surface area contributed by atoms with E-state index in [1.54, 1.807) is 27.7 Å². The number of nitrogens with one attached hydrogen (secondary N) is 2. The van der Waals surface area contributed by atoms with E-state index >= 15 is 0 Å². The van der Waals surface area contributed by atoms with E-state index in [4.69, 9.17) is 9.47 Å². The molecule has 0 spiro atoms. The van der Waals surface area contributed by atoms with Gasteiger partial charge in [-0.25, -0.2) is 4.79 Å². The quantitative estimate of drug-likeness (QED) is 0.577. The molecule has 0 aliphatic heterocycles. The molecule has 30 heavy (non-hydrogen) atoms. The lowest BCUT2D eigenvalue weighted by Crippen LogP contribution is -2.42. The largest absolute Gasteiger partial charge is 0.444 e. The molecule has 170 valence electrons. The summed E-state index contributed by atoms with van der Waals surface area (Å²) in [6, 6.07) is 1.89. The molecule has 1 aliphatic rings. The Balaban J connectivity index is 2.06. The number of ether oxygens (including phenoxy) is 2. The highest BCUT2D eigenvalue weighted by atomic mass is 19.4. The van der Waals surface area contributed by atoms with Gasteiger partial charge in [0.05, 0.1) is 5.56 Å². The van der Waals surface area contributed by atoms with Gasteiger partial charge in [0.15, 0.2) is 6.29 Å². The molecule has 0 saturated heterocycles. The number of amides is 1. The van der Waals surface area contributed by atoms with Gasteiger partial charge >= 0.3 is 12.3 Å². The molecule has 0 bridgehead atoms. The average molecular weight is 432 g/mol. The standard InChI is InChI=1S/C21H31F3N2O4/c1-12-16(18(27)29-5)10-13(21(22,23)24)11-17(12)25-14-6-8-15(9-7-14)26-19(28)30-20(2,3)4/h10-11,14-15,18,25,27H,6-9H2,1-5H3,(H,26,28). The van der Waals surface area contributed by atoms with Crippen molar-refractivity contribution in [3.05, 3.63) is 28.8 Å². The number of alkyl halides is 3. The molecule has 1 amide bonds. The molecule has 1 fully saturated rings. The molecule has 1 saturated carbocycles. The maximum absolute atomic E-state index is 13.3. The minimum atomic E-state index is -4.54. The van der Waals surface area contributed by atoms with E-state index in [0.717, 1.165) is 12.1 Å². The highest BCUT2D eigenvalue weighted by Gasteiger charge is 2.33. The van der Waals surface area contributed by atoms with Crippen LogP contribution in [0.1, 0.15) is 69.4 Å². The number of methoxy groups -OCH3 is 1. The van der Waals surface area contributed by atoms with Crippen LogP contribution in [0.2, 0.25) is 0 Å². The normalized spacial score (nSPS) is 21.1. The number of alkyl carbamates (subject to hydrolysis) is 1. The van der Waals surface area contributed by atoms with Crippen molar-refractivity contribution in [1.29, 1.82) is 0 Å². The van der Waals surface area contributed by atoms with Crippen molar-refractivity contribution in [2.45, 2.75) is 83.5 Å². The van der Waals surface area contributed by atoms with E-state index in [9.17, 15) is 23.1 Å². The number of carbonyl (C=O) groups is 1. The zero-order valence-corrected chi connectivity index (χ0v) is 18.0. The summed E-state index contributed by atoms with van der Waals surface area (Å²) < 4.78 is 50.0. The highest BCUT2D eigenvalue weighted by Crippen LogP contribution is 2.37. The van der Waals surface area contributed by atoms with Gasteiger partial charge in [-0.15, -0.1) is 0 Å². The zero-order chi connectivity index (χ0) is 22.7. The lowest BCUT2D eigenvalue weighted by atomic mass is 9.90. The molecule has 0 aromatic heterocycles. The van der Waals surface area contributed by atoms with Crippen molar-refractivity contribution in [3.63, 3.8) is 0 Å². The Morgan fingerprint density at radius 3 is 2.20 bits per heavy atom. The molecule has 3 N–H and O–H groups in total. The highest BCUT2D eigenvalue weighted by molar-refractivity contribution is 5.68. The number of rotatable bonds is 5. The Hall–Kier alpha value is -2.00. The summed E-state index contributed by atoms with van der Waals surface area (Å²) >= 11 is 0. The lowest BCUT2D eigenvalue weighted by Gasteiger charge is -2.32. The second-order valence-electron chi connectivity index (χ2n) is 8.66. The summed E-state index contributed by atoms with van der Waals surface area (Å²) in [7, 11) is 1.23.